The van der Waals surface area contributed by atoms with E-state index >= 15 is 0 Å². The third-order valence-corrected chi connectivity index (χ3v) is 3.22. The summed E-state index contributed by atoms with van der Waals surface area (Å²) in [7, 11) is 0. The van der Waals surface area contributed by atoms with Crippen LogP contribution in [0.4, 0.5) is 17.3 Å². The van der Waals surface area contributed by atoms with Crippen LogP contribution < -0.4 is 16.2 Å². The van der Waals surface area contributed by atoms with E-state index < -0.39 is 0 Å². The van der Waals surface area contributed by atoms with Gasteiger partial charge in [-0.05, 0) is 25.0 Å². The minimum atomic E-state index is 0.379. The van der Waals surface area contributed by atoms with Crippen molar-refractivity contribution >= 4 is 17.3 Å². The van der Waals surface area contributed by atoms with Crippen molar-refractivity contribution in [3.8, 4) is 0 Å². The van der Waals surface area contributed by atoms with Gasteiger partial charge in [0.25, 0.3) is 0 Å². The Morgan fingerprint density at radius 1 is 1.33 bits per heavy atom. The maximum absolute atomic E-state index is 5.38. The lowest BCUT2D eigenvalue weighted by Crippen LogP contribution is -2.25. The Bertz CT molecular complexity index is 569. The molecule has 0 spiro atoms. The summed E-state index contributed by atoms with van der Waals surface area (Å²) in [4.78, 5) is 10.8. The van der Waals surface area contributed by atoms with Gasteiger partial charge in [-0.2, -0.15) is 0 Å². The highest BCUT2D eigenvalue weighted by Gasteiger charge is 2.27. The van der Waals surface area contributed by atoms with Gasteiger partial charge in [0, 0.05) is 11.7 Å². The number of nitrogens with two attached hydrogens (primary N) is 1. The number of hydrogen-bond donors (Lipinski definition) is 2. The Morgan fingerprint density at radius 2 is 2.17 bits per heavy atom. The van der Waals surface area contributed by atoms with Crippen LogP contribution in [0.2, 0.25) is 0 Å². The van der Waals surface area contributed by atoms with Crippen molar-refractivity contribution in [2.45, 2.75) is 19.4 Å². The van der Waals surface area contributed by atoms with Crippen molar-refractivity contribution < 1.29 is 0 Å². The topological polar surface area (TPSA) is 67.1 Å². The zero-order valence-electron chi connectivity index (χ0n) is 10.2. The van der Waals surface area contributed by atoms with Crippen molar-refractivity contribution in [2.75, 3.05) is 10.3 Å². The number of nitrogens with one attached hydrogen (secondary N) is 1. The lowest BCUT2D eigenvalue weighted by atomic mass is 10.1. The van der Waals surface area contributed by atoms with Crippen LogP contribution in [0.5, 0.6) is 0 Å². The summed E-state index contributed by atoms with van der Waals surface area (Å²) < 4.78 is 0. The summed E-state index contributed by atoms with van der Waals surface area (Å²) in [5.41, 5.74) is 5.08. The molecule has 1 aromatic heterocycles. The van der Waals surface area contributed by atoms with E-state index in [1.807, 2.05) is 6.07 Å². The Labute approximate surface area is 106 Å². The third kappa shape index (κ3) is 1.69. The zero-order chi connectivity index (χ0) is 12.5. The number of hydrazine groups is 1. The van der Waals surface area contributed by atoms with E-state index in [4.69, 9.17) is 5.84 Å². The molecular weight excluding hydrogens is 226 g/mol. The third-order valence-electron chi connectivity index (χ3n) is 3.22. The number of fused-ring (bicyclic) bond motifs is 1. The maximum Gasteiger partial charge on any atom is 0.160 e. The molecule has 2 aromatic rings. The molecule has 0 radical (unpaired) electrons. The maximum atomic E-state index is 5.38. The second kappa shape index (κ2) is 4.27. The molecule has 0 amide bonds. The minimum Gasteiger partial charge on any atom is -0.322 e. The van der Waals surface area contributed by atoms with E-state index in [9.17, 15) is 0 Å². The molecule has 3 N–H and O–H groups in total. The highest BCUT2D eigenvalue weighted by Crippen LogP contribution is 2.36. The van der Waals surface area contributed by atoms with Gasteiger partial charge in [-0.25, -0.2) is 10.8 Å². The molecule has 0 aliphatic carbocycles. The molecule has 92 valence electrons. The van der Waals surface area contributed by atoms with Crippen molar-refractivity contribution in [1.29, 1.82) is 0 Å². The smallest absolute Gasteiger partial charge is 0.160 e. The number of nitrogen functional groups attached to an aromatic ring is 1. The normalized spacial score (nSPS) is 17.7. The Kier molecular flexibility index (Phi) is 2.60. The number of hydrogen-bond acceptors (Lipinski definition) is 5. The zero-order valence-corrected chi connectivity index (χ0v) is 10.2. The highest BCUT2D eigenvalue weighted by molar-refractivity contribution is 5.68. The fourth-order valence-electron chi connectivity index (χ4n) is 2.46. The molecule has 18 heavy (non-hydrogen) atoms. The first-order valence-corrected chi connectivity index (χ1v) is 5.95. The molecule has 1 atom stereocenters. The average Bonchev–Trinajstić information content (AvgIpc) is 2.74. The monoisotopic (exact) mass is 241 g/mol. The van der Waals surface area contributed by atoms with Gasteiger partial charge >= 0.3 is 0 Å². The lowest BCUT2D eigenvalue weighted by molar-refractivity contribution is 0.749. The van der Waals surface area contributed by atoms with Crippen LogP contribution in [0.15, 0.2) is 36.7 Å². The number of para-hydroxylation sites is 1. The van der Waals surface area contributed by atoms with E-state index in [1.165, 1.54) is 11.3 Å². The van der Waals surface area contributed by atoms with E-state index in [0.717, 1.165) is 12.2 Å². The van der Waals surface area contributed by atoms with Crippen LogP contribution in [0.1, 0.15) is 12.5 Å². The van der Waals surface area contributed by atoms with E-state index in [-0.39, 0.29) is 0 Å². The largest absolute Gasteiger partial charge is 0.322 e. The fraction of sp³-hybridized carbons (Fsp3) is 0.231. The van der Waals surface area contributed by atoms with Crippen molar-refractivity contribution in [3.05, 3.63) is 42.2 Å². The molecule has 5 heteroatoms. The standard InChI is InChI=1S/C13H15N5/c1-9-6-10-4-2-3-5-11(10)18(9)13-8-15-7-12(16-13)17-14/h2-5,7-9H,6,14H2,1H3,(H,16,17). The summed E-state index contributed by atoms with van der Waals surface area (Å²) in [5.74, 6) is 6.77. The van der Waals surface area contributed by atoms with Crippen molar-refractivity contribution in [3.63, 3.8) is 0 Å². The predicted octanol–water partition coefficient (Wildman–Crippen LogP) is 1.84. The van der Waals surface area contributed by atoms with Gasteiger partial charge in [0.05, 0.1) is 12.4 Å². The number of nitrogens with zero attached hydrogens (tertiary/aromatic N) is 3. The Hall–Kier alpha value is -2.14. The summed E-state index contributed by atoms with van der Waals surface area (Å²) in [5, 5.41) is 0. The number of rotatable bonds is 2. The highest BCUT2D eigenvalue weighted by atomic mass is 15.3. The second-order valence-corrected chi connectivity index (χ2v) is 4.46. The van der Waals surface area contributed by atoms with Gasteiger partial charge < -0.3 is 10.3 Å². The quantitative estimate of drug-likeness (QED) is 0.620. The summed E-state index contributed by atoms with van der Waals surface area (Å²) in [6, 6.07) is 8.76. The minimum absolute atomic E-state index is 0.379. The molecule has 1 aromatic carbocycles. The van der Waals surface area contributed by atoms with Crippen LogP contribution in [-0.4, -0.2) is 16.0 Å². The van der Waals surface area contributed by atoms with E-state index in [0.29, 0.717) is 11.9 Å². The molecule has 0 saturated heterocycles. The van der Waals surface area contributed by atoms with Crippen LogP contribution in [-0.2, 0) is 6.42 Å². The fourth-order valence-corrected chi connectivity index (χ4v) is 2.46. The van der Waals surface area contributed by atoms with Crippen LogP contribution >= 0.6 is 0 Å². The summed E-state index contributed by atoms with van der Waals surface area (Å²) >= 11 is 0. The van der Waals surface area contributed by atoms with Crippen LogP contribution in [0.3, 0.4) is 0 Å². The number of aromatic nitrogens is 2. The molecule has 5 nitrogen and oxygen atoms in total. The first-order chi connectivity index (χ1) is 8.79. The van der Waals surface area contributed by atoms with E-state index in [1.54, 1.807) is 12.4 Å². The van der Waals surface area contributed by atoms with Crippen molar-refractivity contribution in [1.82, 2.24) is 9.97 Å². The molecule has 0 saturated carbocycles. The molecule has 0 fully saturated rings. The average molecular weight is 241 g/mol. The predicted molar refractivity (Wildman–Crippen MR) is 71.6 cm³/mol. The van der Waals surface area contributed by atoms with Gasteiger partial charge in [0.1, 0.15) is 0 Å². The van der Waals surface area contributed by atoms with Gasteiger partial charge in [-0.1, -0.05) is 18.2 Å². The van der Waals surface area contributed by atoms with Crippen molar-refractivity contribution in [2.24, 2.45) is 5.84 Å². The number of benzene rings is 1. The first-order valence-electron chi connectivity index (χ1n) is 5.95. The Morgan fingerprint density at radius 3 is 3.00 bits per heavy atom. The molecular formula is C13H15N5. The SMILES string of the molecule is CC1Cc2ccccc2N1c1cncc(NN)n1. The second-order valence-electron chi connectivity index (χ2n) is 4.46. The number of anilines is 3. The lowest BCUT2D eigenvalue weighted by Gasteiger charge is -2.23. The van der Waals surface area contributed by atoms with Gasteiger partial charge in [0.2, 0.25) is 0 Å². The van der Waals surface area contributed by atoms with Gasteiger partial charge in [-0.15, -0.1) is 0 Å². The summed E-state index contributed by atoms with van der Waals surface area (Å²) in [6.07, 6.45) is 4.40. The van der Waals surface area contributed by atoms with Gasteiger partial charge in [0.15, 0.2) is 11.6 Å². The molecule has 0 bridgehead atoms. The first kappa shape index (κ1) is 11.0. The molecule has 1 aliphatic heterocycles. The van der Waals surface area contributed by atoms with Crippen LogP contribution in [0.25, 0.3) is 0 Å². The van der Waals surface area contributed by atoms with Crippen LogP contribution in [0, 0.1) is 0 Å². The molecule has 1 aliphatic rings. The summed E-state index contributed by atoms with van der Waals surface area (Å²) in [6.45, 7) is 2.18. The molecule has 3 rings (SSSR count). The van der Waals surface area contributed by atoms with Gasteiger partial charge in [-0.3, -0.25) is 4.98 Å². The van der Waals surface area contributed by atoms with E-state index in [2.05, 4.69) is 45.4 Å². The Balaban J connectivity index is 2.06. The molecule has 1 unspecified atom stereocenters. The molecule has 2 heterocycles.